The first-order valence-corrected chi connectivity index (χ1v) is 9.16. The number of carbonyl (C=O) groups is 1. The third kappa shape index (κ3) is 5.91. The maximum Gasteiger partial charge on any atom is 0.331 e. The highest BCUT2D eigenvalue weighted by atomic mass is 32.2. The third-order valence-corrected chi connectivity index (χ3v) is 4.38. The van der Waals surface area contributed by atoms with E-state index in [0.717, 1.165) is 6.42 Å². The van der Waals surface area contributed by atoms with Crippen LogP contribution in [0.25, 0.3) is 0 Å². The average Bonchev–Trinajstić information content (AvgIpc) is 3.09. The first-order valence-electron chi connectivity index (χ1n) is 8.17. The van der Waals surface area contributed by atoms with Gasteiger partial charge >= 0.3 is 5.97 Å². The molecule has 0 spiro atoms. The van der Waals surface area contributed by atoms with E-state index < -0.39 is 6.04 Å². The van der Waals surface area contributed by atoms with E-state index in [1.165, 1.54) is 17.8 Å². The summed E-state index contributed by atoms with van der Waals surface area (Å²) in [5.41, 5.74) is 0.569. The fourth-order valence-electron chi connectivity index (χ4n) is 2.11. The Labute approximate surface area is 151 Å². The van der Waals surface area contributed by atoms with E-state index in [0.29, 0.717) is 41.9 Å². The van der Waals surface area contributed by atoms with Gasteiger partial charge < -0.3 is 24.4 Å². The lowest BCUT2D eigenvalue weighted by atomic mass is 10.2. The van der Waals surface area contributed by atoms with Gasteiger partial charge in [0.15, 0.2) is 6.04 Å². The van der Waals surface area contributed by atoms with Gasteiger partial charge in [0.1, 0.15) is 23.1 Å². The quantitative estimate of drug-likeness (QED) is 0.477. The number of aliphatic imine (C=N–C) groups is 1. The lowest BCUT2D eigenvalue weighted by Crippen LogP contribution is -2.21. The first-order chi connectivity index (χ1) is 12.2. The van der Waals surface area contributed by atoms with Crippen molar-refractivity contribution in [1.29, 1.82) is 0 Å². The molecule has 1 unspecified atom stereocenters. The Bertz CT molecular complexity index is 607. The smallest absolute Gasteiger partial charge is 0.331 e. The molecule has 138 valence electrons. The molecule has 1 aromatic carbocycles. The zero-order chi connectivity index (χ0) is 18.1. The van der Waals surface area contributed by atoms with Crippen LogP contribution in [0.15, 0.2) is 23.2 Å². The van der Waals surface area contributed by atoms with E-state index in [-0.39, 0.29) is 24.9 Å². The zero-order valence-electron chi connectivity index (χ0n) is 14.1. The Balaban J connectivity index is 1.93. The normalized spacial score (nSPS) is 16.6. The van der Waals surface area contributed by atoms with Crippen molar-refractivity contribution in [2.24, 2.45) is 4.99 Å². The number of hydrogen-bond donors (Lipinski definition) is 2. The summed E-state index contributed by atoms with van der Waals surface area (Å²) in [6, 6.07) is 4.43. The van der Waals surface area contributed by atoms with Crippen LogP contribution in [-0.4, -0.2) is 66.1 Å². The van der Waals surface area contributed by atoms with Crippen LogP contribution in [0.3, 0.4) is 0 Å². The monoisotopic (exact) mass is 369 g/mol. The second kappa shape index (κ2) is 10.3. The minimum atomic E-state index is -0.523. The van der Waals surface area contributed by atoms with Crippen LogP contribution < -0.4 is 4.74 Å². The molecular weight excluding hydrogens is 346 g/mol. The van der Waals surface area contributed by atoms with Crippen molar-refractivity contribution in [3.8, 4) is 11.5 Å². The van der Waals surface area contributed by atoms with Crippen molar-refractivity contribution >= 4 is 22.8 Å². The molecule has 0 aromatic heterocycles. The van der Waals surface area contributed by atoms with Gasteiger partial charge in [-0.2, -0.15) is 0 Å². The van der Waals surface area contributed by atoms with Crippen LogP contribution in [0.5, 0.6) is 11.5 Å². The van der Waals surface area contributed by atoms with Crippen LogP contribution in [0.4, 0.5) is 0 Å². The van der Waals surface area contributed by atoms with Gasteiger partial charge in [-0.25, -0.2) is 4.79 Å². The highest BCUT2D eigenvalue weighted by molar-refractivity contribution is 8.14. The van der Waals surface area contributed by atoms with E-state index in [1.807, 2.05) is 6.92 Å². The zero-order valence-corrected chi connectivity index (χ0v) is 15.0. The fraction of sp³-hybridized carbons (Fsp3) is 0.529. The average molecular weight is 369 g/mol. The molecule has 0 aliphatic carbocycles. The van der Waals surface area contributed by atoms with Crippen LogP contribution in [-0.2, 0) is 14.3 Å². The van der Waals surface area contributed by atoms with Gasteiger partial charge in [-0.15, -0.1) is 11.8 Å². The fourth-order valence-corrected chi connectivity index (χ4v) is 3.16. The number of carbonyl (C=O) groups excluding carboxylic acids is 1. The SMILES string of the molecule is CCCOC(=O)C1CSC(c2ccc(OCCOCCO)cc2O)=N1. The Morgan fingerprint density at radius 1 is 1.32 bits per heavy atom. The second-order valence-electron chi connectivity index (χ2n) is 5.29. The summed E-state index contributed by atoms with van der Waals surface area (Å²) in [5.74, 6) is 0.739. The minimum Gasteiger partial charge on any atom is -0.507 e. The predicted molar refractivity (Wildman–Crippen MR) is 95.5 cm³/mol. The predicted octanol–water partition coefficient (Wildman–Crippen LogP) is 1.60. The number of phenolic OH excluding ortho intramolecular Hbond substituents is 1. The standard InChI is InChI=1S/C17H23NO6S/c1-2-6-24-17(21)14-11-25-16(18-14)13-4-3-12(10-15(13)20)23-9-8-22-7-5-19/h3-4,10,14,19-20H,2,5-9,11H2,1H3. The Kier molecular flexibility index (Phi) is 8.03. The summed E-state index contributed by atoms with van der Waals surface area (Å²) in [7, 11) is 0. The van der Waals surface area contributed by atoms with Gasteiger partial charge in [-0.1, -0.05) is 6.92 Å². The molecule has 0 fully saturated rings. The van der Waals surface area contributed by atoms with Crippen molar-refractivity contribution in [2.45, 2.75) is 19.4 Å². The lowest BCUT2D eigenvalue weighted by molar-refractivity contribution is -0.144. The van der Waals surface area contributed by atoms with Crippen LogP contribution in [0.1, 0.15) is 18.9 Å². The first kappa shape index (κ1) is 19.6. The summed E-state index contributed by atoms with van der Waals surface area (Å²) in [6.45, 7) is 3.25. The van der Waals surface area contributed by atoms with Gasteiger partial charge in [0.05, 0.1) is 26.4 Å². The van der Waals surface area contributed by atoms with Gasteiger partial charge in [0.2, 0.25) is 0 Å². The number of phenols is 1. The van der Waals surface area contributed by atoms with Crippen LogP contribution >= 0.6 is 11.8 Å². The molecule has 2 rings (SSSR count). The number of benzene rings is 1. The maximum atomic E-state index is 11.9. The van der Waals surface area contributed by atoms with Crippen molar-refractivity contribution in [2.75, 3.05) is 38.8 Å². The molecule has 7 nitrogen and oxygen atoms in total. The Hall–Kier alpha value is -1.77. The molecular formula is C17H23NO6S. The minimum absolute atomic E-state index is 0.0256. The molecule has 0 radical (unpaired) electrons. The molecule has 0 saturated carbocycles. The lowest BCUT2D eigenvalue weighted by Gasteiger charge is -2.09. The number of esters is 1. The van der Waals surface area contributed by atoms with Crippen LogP contribution in [0.2, 0.25) is 0 Å². The highest BCUT2D eigenvalue weighted by Crippen LogP contribution is 2.31. The molecule has 1 aliphatic heterocycles. The Morgan fingerprint density at radius 2 is 2.16 bits per heavy atom. The molecule has 8 heteroatoms. The largest absolute Gasteiger partial charge is 0.507 e. The topological polar surface area (TPSA) is 97.6 Å². The Morgan fingerprint density at radius 3 is 2.88 bits per heavy atom. The molecule has 2 N–H and O–H groups in total. The van der Waals surface area contributed by atoms with Gasteiger partial charge in [0, 0.05) is 17.4 Å². The molecule has 1 heterocycles. The van der Waals surface area contributed by atoms with Crippen molar-refractivity contribution in [3.05, 3.63) is 23.8 Å². The summed E-state index contributed by atoms with van der Waals surface area (Å²) < 4.78 is 15.7. The number of aromatic hydroxyl groups is 1. The molecule has 25 heavy (non-hydrogen) atoms. The number of hydrogen-bond acceptors (Lipinski definition) is 8. The summed E-state index contributed by atoms with van der Waals surface area (Å²) in [6.07, 6.45) is 0.773. The van der Waals surface area contributed by atoms with Crippen molar-refractivity contribution in [1.82, 2.24) is 0 Å². The third-order valence-electron chi connectivity index (χ3n) is 3.30. The molecule has 1 aliphatic rings. The van der Waals surface area contributed by atoms with Gasteiger partial charge in [0.25, 0.3) is 0 Å². The van der Waals surface area contributed by atoms with Gasteiger partial charge in [-0.05, 0) is 18.6 Å². The summed E-state index contributed by atoms with van der Waals surface area (Å²) in [4.78, 5) is 16.2. The van der Waals surface area contributed by atoms with E-state index in [9.17, 15) is 9.90 Å². The number of aliphatic hydroxyl groups is 1. The van der Waals surface area contributed by atoms with E-state index in [1.54, 1.807) is 12.1 Å². The summed E-state index contributed by atoms with van der Waals surface area (Å²) in [5, 5.41) is 19.4. The number of nitrogens with zero attached hydrogens (tertiary/aromatic N) is 1. The van der Waals surface area contributed by atoms with Crippen molar-refractivity contribution < 1.29 is 29.2 Å². The molecule has 1 atom stereocenters. The number of rotatable bonds is 10. The molecule has 0 amide bonds. The van der Waals surface area contributed by atoms with Crippen molar-refractivity contribution in [3.63, 3.8) is 0 Å². The van der Waals surface area contributed by atoms with Gasteiger partial charge in [-0.3, -0.25) is 4.99 Å². The summed E-state index contributed by atoms with van der Waals surface area (Å²) >= 11 is 1.42. The number of ether oxygens (including phenoxy) is 3. The number of thioether (sulfide) groups is 1. The highest BCUT2D eigenvalue weighted by Gasteiger charge is 2.28. The van der Waals surface area contributed by atoms with E-state index >= 15 is 0 Å². The maximum absolute atomic E-state index is 11.9. The number of aliphatic hydroxyl groups excluding tert-OH is 1. The molecule has 0 saturated heterocycles. The van der Waals surface area contributed by atoms with E-state index in [4.69, 9.17) is 19.3 Å². The molecule has 1 aromatic rings. The van der Waals surface area contributed by atoms with Crippen LogP contribution in [0, 0.1) is 0 Å². The van der Waals surface area contributed by atoms with E-state index in [2.05, 4.69) is 4.99 Å². The molecule has 0 bridgehead atoms. The second-order valence-corrected chi connectivity index (χ2v) is 6.30.